The number of nitrogens with zero attached hydrogens (tertiary/aromatic N) is 3. The summed E-state index contributed by atoms with van der Waals surface area (Å²) in [5.74, 6) is 0.994. The third-order valence-electron chi connectivity index (χ3n) is 5.35. The highest BCUT2D eigenvalue weighted by Crippen LogP contribution is 2.35. The molecule has 0 bridgehead atoms. The van der Waals surface area contributed by atoms with E-state index in [1.54, 1.807) is 18.2 Å². The van der Waals surface area contributed by atoms with Crippen molar-refractivity contribution in [1.82, 2.24) is 0 Å². The minimum atomic E-state index is -4.49. The number of rotatable bonds is 5. The van der Waals surface area contributed by atoms with Crippen molar-refractivity contribution in [2.24, 2.45) is 15.8 Å². The molecule has 4 rings (SSSR count). The van der Waals surface area contributed by atoms with Gasteiger partial charge in [0.05, 0.1) is 11.1 Å². The van der Waals surface area contributed by atoms with Crippen molar-refractivity contribution < 1.29 is 32.0 Å². The molecule has 2 aliphatic rings. The summed E-state index contributed by atoms with van der Waals surface area (Å²) >= 11 is 0. The number of nitrogens with one attached hydrogen (secondary N) is 1. The highest BCUT2D eigenvalue weighted by Gasteiger charge is 2.46. The molecular weight excluding hydrogens is 439 g/mol. The summed E-state index contributed by atoms with van der Waals surface area (Å²) in [6, 6.07) is 9.71. The summed E-state index contributed by atoms with van der Waals surface area (Å²) < 4.78 is 50.3. The van der Waals surface area contributed by atoms with Crippen molar-refractivity contribution in [3.63, 3.8) is 0 Å². The molecule has 0 fully saturated rings. The van der Waals surface area contributed by atoms with Crippen molar-refractivity contribution in [2.75, 3.05) is 25.1 Å². The summed E-state index contributed by atoms with van der Waals surface area (Å²) in [6.45, 7) is 4.36. The van der Waals surface area contributed by atoms with Gasteiger partial charge in [0.1, 0.15) is 19.3 Å². The number of guanidine groups is 1. The second-order valence-electron chi connectivity index (χ2n) is 7.97. The van der Waals surface area contributed by atoms with Crippen LogP contribution in [0.15, 0.2) is 52.6 Å². The molecule has 2 heterocycles. The van der Waals surface area contributed by atoms with Gasteiger partial charge in [-0.1, -0.05) is 6.07 Å². The van der Waals surface area contributed by atoms with E-state index in [1.165, 1.54) is 12.1 Å². The lowest BCUT2D eigenvalue weighted by atomic mass is 10.1. The molecular formula is C22H23F3N5O3+. The summed E-state index contributed by atoms with van der Waals surface area (Å²) in [5, 5.41) is 7.44. The Hall–Kier alpha value is -3.60. The third-order valence-corrected chi connectivity index (χ3v) is 5.35. The van der Waals surface area contributed by atoms with Crippen LogP contribution in [0, 0.1) is 0 Å². The number of benzene rings is 2. The Labute approximate surface area is 188 Å². The highest BCUT2D eigenvalue weighted by atomic mass is 19.4. The van der Waals surface area contributed by atoms with E-state index in [2.05, 4.69) is 15.4 Å². The van der Waals surface area contributed by atoms with E-state index >= 15 is 0 Å². The number of quaternary nitrogens is 1. The quantitative estimate of drug-likeness (QED) is 0.666. The van der Waals surface area contributed by atoms with Gasteiger partial charge < -0.3 is 20.5 Å². The summed E-state index contributed by atoms with van der Waals surface area (Å²) in [6.07, 6.45) is -4.49. The molecule has 2 aromatic carbocycles. The van der Waals surface area contributed by atoms with Crippen molar-refractivity contribution >= 4 is 23.4 Å². The Morgan fingerprint density at radius 2 is 1.88 bits per heavy atom. The van der Waals surface area contributed by atoms with E-state index in [0.717, 1.165) is 12.1 Å². The molecule has 1 unspecified atom stereocenters. The van der Waals surface area contributed by atoms with Crippen LogP contribution in [0.1, 0.15) is 25.0 Å². The molecule has 0 radical (unpaired) electrons. The molecule has 11 heteroatoms. The van der Waals surface area contributed by atoms with Gasteiger partial charge in [-0.15, -0.1) is 4.59 Å². The summed E-state index contributed by atoms with van der Waals surface area (Å²) in [7, 11) is 0. The van der Waals surface area contributed by atoms with Crippen LogP contribution >= 0.6 is 0 Å². The molecule has 2 aromatic rings. The number of hydrogen-bond acceptors (Lipinski definition) is 6. The fraction of sp³-hybridized carbons (Fsp3) is 0.318. The minimum absolute atomic E-state index is 0.0640. The van der Waals surface area contributed by atoms with Gasteiger partial charge in [-0.05, 0) is 55.3 Å². The van der Waals surface area contributed by atoms with Crippen molar-refractivity contribution in [3.05, 3.63) is 53.6 Å². The van der Waals surface area contributed by atoms with Crippen molar-refractivity contribution in [3.8, 4) is 11.5 Å². The maximum Gasteiger partial charge on any atom is 0.416 e. The number of ether oxygens (including phenoxy) is 2. The van der Waals surface area contributed by atoms with Gasteiger partial charge in [-0.3, -0.25) is 4.79 Å². The largest absolute Gasteiger partial charge is 0.486 e. The van der Waals surface area contributed by atoms with E-state index in [4.69, 9.17) is 15.2 Å². The van der Waals surface area contributed by atoms with Crippen LogP contribution in [0.5, 0.6) is 11.5 Å². The Morgan fingerprint density at radius 3 is 2.55 bits per heavy atom. The van der Waals surface area contributed by atoms with Crippen LogP contribution in [-0.4, -0.2) is 48.1 Å². The molecule has 0 aromatic heterocycles. The van der Waals surface area contributed by atoms with E-state index < -0.39 is 17.6 Å². The molecule has 0 saturated heterocycles. The lowest BCUT2D eigenvalue weighted by Crippen LogP contribution is -2.55. The van der Waals surface area contributed by atoms with E-state index in [-0.39, 0.29) is 28.8 Å². The number of amidine groups is 1. The Balaban J connectivity index is 1.76. The number of fused-ring (bicyclic) bond motifs is 1. The fourth-order valence-electron chi connectivity index (χ4n) is 3.74. The van der Waals surface area contributed by atoms with Crippen molar-refractivity contribution in [1.29, 1.82) is 0 Å². The number of aliphatic imine (C=N–C) groups is 1. The van der Waals surface area contributed by atoms with Gasteiger partial charge >= 0.3 is 6.18 Å². The zero-order valence-electron chi connectivity index (χ0n) is 18.0. The van der Waals surface area contributed by atoms with E-state index in [1.807, 2.05) is 13.8 Å². The molecule has 33 heavy (non-hydrogen) atoms. The van der Waals surface area contributed by atoms with Gasteiger partial charge in [0.15, 0.2) is 18.0 Å². The molecule has 0 spiro atoms. The number of alkyl halides is 3. The van der Waals surface area contributed by atoms with Crippen LogP contribution in [0.4, 0.5) is 18.9 Å². The van der Waals surface area contributed by atoms with Crippen LogP contribution in [0.2, 0.25) is 0 Å². The summed E-state index contributed by atoms with van der Waals surface area (Å²) in [4.78, 5) is 16.6. The molecule has 3 N–H and O–H groups in total. The van der Waals surface area contributed by atoms with Crippen LogP contribution in [-0.2, 0) is 11.0 Å². The third kappa shape index (κ3) is 4.49. The van der Waals surface area contributed by atoms with Gasteiger partial charge in [0, 0.05) is 5.69 Å². The van der Waals surface area contributed by atoms with Gasteiger partial charge in [0.2, 0.25) is 0 Å². The number of primary amides is 1. The first-order valence-corrected chi connectivity index (χ1v) is 10.3. The first-order valence-electron chi connectivity index (χ1n) is 10.3. The van der Waals surface area contributed by atoms with Crippen LogP contribution in [0.25, 0.3) is 0 Å². The molecule has 0 saturated carbocycles. The predicted molar refractivity (Wildman–Crippen MR) is 116 cm³/mol. The Morgan fingerprint density at radius 1 is 1.15 bits per heavy atom. The average molecular weight is 462 g/mol. The first kappa shape index (κ1) is 22.6. The van der Waals surface area contributed by atoms with Crippen LogP contribution in [0.3, 0.4) is 0 Å². The minimum Gasteiger partial charge on any atom is -0.486 e. The smallest absolute Gasteiger partial charge is 0.416 e. The molecule has 8 nitrogen and oxygen atoms in total. The zero-order valence-corrected chi connectivity index (χ0v) is 18.0. The van der Waals surface area contributed by atoms with Crippen LogP contribution < -0.4 is 20.5 Å². The maximum absolute atomic E-state index is 13.1. The zero-order chi connectivity index (χ0) is 23.8. The number of nitrogens with two attached hydrogens (primary N) is 1. The standard InChI is InChI=1S/C22H22F3N5O3/c1-13(2)30(12-19(26)31)20(14-6-7-17-18(10-14)33-9-8-32-17)28-21(29-30)27-16-5-3-4-15(11-16)22(23,24)25/h3-7,10-11,13H,8-9,12H2,1-2H3,(H2-,26,27,29,31)/p+1. The molecule has 2 aliphatic heterocycles. The second-order valence-corrected chi connectivity index (χ2v) is 7.97. The molecule has 1 atom stereocenters. The van der Waals surface area contributed by atoms with Gasteiger partial charge in [-0.2, -0.15) is 18.2 Å². The molecule has 1 amide bonds. The predicted octanol–water partition coefficient (Wildman–Crippen LogP) is 3.33. The number of hydrogen-bond donors (Lipinski definition) is 2. The monoisotopic (exact) mass is 462 g/mol. The number of carbonyl (C=O) groups excluding carboxylic acids is 1. The van der Waals surface area contributed by atoms with E-state index in [9.17, 15) is 18.0 Å². The Kier molecular flexibility index (Phi) is 5.75. The normalized spacial score (nSPS) is 19.8. The molecule has 174 valence electrons. The summed E-state index contributed by atoms with van der Waals surface area (Å²) in [5.41, 5.74) is 5.53. The lowest BCUT2D eigenvalue weighted by molar-refractivity contribution is -0.859. The number of anilines is 1. The molecule has 0 aliphatic carbocycles. The lowest BCUT2D eigenvalue weighted by Gasteiger charge is -2.32. The highest BCUT2D eigenvalue weighted by molar-refractivity contribution is 6.09. The number of halogens is 3. The fourth-order valence-corrected chi connectivity index (χ4v) is 3.74. The van der Waals surface area contributed by atoms with E-state index in [0.29, 0.717) is 36.1 Å². The Bertz CT molecular complexity index is 1150. The van der Waals surface area contributed by atoms with Gasteiger partial charge in [-0.25, -0.2) is 0 Å². The first-order chi connectivity index (χ1) is 15.6. The topological polar surface area (TPSA) is 98.3 Å². The second kappa shape index (κ2) is 8.39. The average Bonchev–Trinajstić information content (AvgIpc) is 3.11. The maximum atomic E-state index is 13.1. The SMILES string of the molecule is CC(C)[N+]1(CC(N)=O)N=C(Nc2cccc(C(F)(F)F)c2)N=C1c1ccc2c(c1)OCCO2. The van der Waals surface area contributed by atoms with Crippen molar-refractivity contribution in [2.45, 2.75) is 26.1 Å². The number of amides is 1. The van der Waals surface area contributed by atoms with Gasteiger partial charge in [0.25, 0.3) is 17.7 Å². The number of carbonyl (C=O) groups is 1.